The molecule has 2 aliphatic heterocycles. The highest BCUT2D eigenvalue weighted by atomic mass is 35.5. The van der Waals surface area contributed by atoms with Crippen molar-refractivity contribution in [2.45, 2.75) is 37.5 Å². The molecule has 0 saturated carbocycles. The summed E-state index contributed by atoms with van der Waals surface area (Å²) in [7, 11) is 1.76. The number of anilines is 1. The molecule has 0 bridgehead atoms. The molecular weight excluding hydrogens is 472 g/mol. The summed E-state index contributed by atoms with van der Waals surface area (Å²) in [6, 6.07) is 14.1. The Labute approximate surface area is 208 Å². The van der Waals surface area contributed by atoms with Crippen LogP contribution in [0.15, 0.2) is 53.5 Å². The number of halogens is 1. The fourth-order valence-corrected chi connectivity index (χ4v) is 5.22. The number of carbonyl (C=O) groups excluding carboxylic acids is 3. The minimum Gasteiger partial charge on any atom is -0.351 e. The van der Waals surface area contributed by atoms with Crippen molar-refractivity contribution in [1.82, 2.24) is 9.80 Å². The minimum absolute atomic E-state index is 0.0619. The van der Waals surface area contributed by atoms with Crippen LogP contribution in [0.4, 0.5) is 5.69 Å². The molecule has 9 heteroatoms. The second-order valence-corrected chi connectivity index (χ2v) is 10.1. The van der Waals surface area contributed by atoms with E-state index >= 15 is 0 Å². The Balaban J connectivity index is 1.31. The van der Waals surface area contributed by atoms with Gasteiger partial charge >= 0.3 is 0 Å². The SMILES string of the molecule is CC(c1ccc(Cl)cc1)N(C)C(=O)c1ccc(NC(=O)CC2SC(N3CCCC3)=NC2=O)cc1. The van der Waals surface area contributed by atoms with Crippen LogP contribution in [0.3, 0.4) is 0 Å². The van der Waals surface area contributed by atoms with Crippen LogP contribution in [0.1, 0.15) is 48.1 Å². The maximum Gasteiger partial charge on any atom is 0.262 e. The normalized spacial score (nSPS) is 18.6. The number of nitrogens with zero attached hydrogens (tertiary/aromatic N) is 3. The molecule has 2 aromatic carbocycles. The Kier molecular flexibility index (Phi) is 7.58. The molecule has 2 aliphatic rings. The number of amidine groups is 1. The summed E-state index contributed by atoms with van der Waals surface area (Å²) in [4.78, 5) is 45.6. The Morgan fingerprint density at radius 1 is 1.15 bits per heavy atom. The lowest BCUT2D eigenvalue weighted by molar-refractivity contribution is -0.121. The number of hydrogen-bond donors (Lipinski definition) is 1. The maximum atomic E-state index is 12.9. The van der Waals surface area contributed by atoms with Gasteiger partial charge in [-0.05, 0) is 61.7 Å². The predicted molar refractivity (Wildman–Crippen MR) is 136 cm³/mol. The summed E-state index contributed by atoms with van der Waals surface area (Å²) >= 11 is 7.33. The zero-order valence-corrected chi connectivity index (χ0v) is 20.7. The van der Waals surface area contributed by atoms with Crippen molar-refractivity contribution in [1.29, 1.82) is 0 Å². The third kappa shape index (κ3) is 5.62. The van der Waals surface area contributed by atoms with Gasteiger partial charge in [0, 0.05) is 42.8 Å². The first-order valence-corrected chi connectivity index (χ1v) is 12.5. The maximum absolute atomic E-state index is 12.9. The molecule has 2 aromatic rings. The number of benzene rings is 2. The molecule has 0 aliphatic carbocycles. The Hall–Kier alpha value is -2.84. The van der Waals surface area contributed by atoms with E-state index in [0.29, 0.717) is 16.3 Å². The van der Waals surface area contributed by atoms with E-state index in [4.69, 9.17) is 11.6 Å². The molecule has 178 valence electrons. The topological polar surface area (TPSA) is 82.1 Å². The summed E-state index contributed by atoms with van der Waals surface area (Å²) < 4.78 is 0. The van der Waals surface area contributed by atoms with Crippen LogP contribution in [0.2, 0.25) is 5.02 Å². The van der Waals surface area contributed by atoms with Crippen molar-refractivity contribution in [2.75, 3.05) is 25.5 Å². The first kappa shape index (κ1) is 24.3. The fraction of sp³-hybridized carbons (Fsp3) is 0.360. The Morgan fingerprint density at radius 3 is 2.44 bits per heavy atom. The van der Waals surface area contributed by atoms with Crippen LogP contribution in [-0.2, 0) is 9.59 Å². The first-order valence-electron chi connectivity index (χ1n) is 11.3. The molecular formula is C25H27ClN4O3S. The average Bonchev–Trinajstić information content (AvgIpc) is 3.49. The molecule has 0 aromatic heterocycles. The summed E-state index contributed by atoms with van der Waals surface area (Å²) in [5, 5.41) is 3.72. The van der Waals surface area contributed by atoms with E-state index < -0.39 is 5.25 Å². The highest BCUT2D eigenvalue weighted by Crippen LogP contribution is 2.29. The summed E-state index contributed by atoms with van der Waals surface area (Å²) in [5.41, 5.74) is 2.08. The van der Waals surface area contributed by atoms with Crippen LogP contribution >= 0.6 is 23.4 Å². The molecule has 1 N–H and O–H groups in total. The van der Waals surface area contributed by atoms with Crippen molar-refractivity contribution in [2.24, 2.45) is 4.99 Å². The van der Waals surface area contributed by atoms with Crippen LogP contribution in [-0.4, -0.2) is 58.1 Å². The van der Waals surface area contributed by atoms with Gasteiger partial charge in [0.15, 0.2) is 5.17 Å². The molecule has 3 amide bonds. The molecule has 34 heavy (non-hydrogen) atoms. The highest BCUT2D eigenvalue weighted by Gasteiger charge is 2.33. The minimum atomic E-state index is -0.487. The number of nitrogens with one attached hydrogen (secondary N) is 1. The van der Waals surface area contributed by atoms with E-state index in [0.717, 1.165) is 36.7 Å². The number of likely N-dealkylation sites (tertiary alicyclic amines) is 1. The van der Waals surface area contributed by atoms with Gasteiger partial charge in [-0.3, -0.25) is 14.4 Å². The predicted octanol–water partition coefficient (Wildman–Crippen LogP) is 4.60. The first-order chi connectivity index (χ1) is 16.3. The van der Waals surface area contributed by atoms with Crippen molar-refractivity contribution < 1.29 is 14.4 Å². The van der Waals surface area contributed by atoms with Gasteiger partial charge in [0.2, 0.25) is 5.91 Å². The van der Waals surface area contributed by atoms with Crippen LogP contribution in [0.25, 0.3) is 0 Å². The average molecular weight is 499 g/mol. The number of aliphatic imine (C=N–C) groups is 1. The molecule has 2 heterocycles. The van der Waals surface area contributed by atoms with Gasteiger partial charge < -0.3 is 15.1 Å². The molecule has 0 radical (unpaired) electrons. The molecule has 2 unspecified atom stereocenters. The number of hydrogen-bond acceptors (Lipinski definition) is 5. The monoisotopic (exact) mass is 498 g/mol. The van der Waals surface area contributed by atoms with E-state index in [9.17, 15) is 14.4 Å². The second kappa shape index (κ2) is 10.6. The summed E-state index contributed by atoms with van der Waals surface area (Å²) in [5.74, 6) is -0.628. The quantitative estimate of drug-likeness (QED) is 0.629. The second-order valence-electron chi connectivity index (χ2n) is 8.51. The molecule has 1 fully saturated rings. The number of carbonyl (C=O) groups is 3. The van der Waals surface area contributed by atoms with Gasteiger partial charge in [-0.15, -0.1) is 0 Å². The van der Waals surface area contributed by atoms with Crippen molar-refractivity contribution in [3.8, 4) is 0 Å². The highest BCUT2D eigenvalue weighted by molar-refractivity contribution is 8.15. The number of rotatable bonds is 6. The lowest BCUT2D eigenvalue weighted by Gasteiger charge is -2.25. The molecule has 0 spiro atoms. The third-order valence-corrected chi connectivity index (χ3v) is 7.61. The Morgan fingerprint density at radius 2 is 1.79 bits per heavy atom. The summed E-state index contributed by atoms with van der Waals surface area (Å²) in [6.45, 7) is 3.78. The van der Waals surface area contributed by atoms with Gasteiger partial charge in [0.1, 0.15) is 5.25 Å². The Bertz CT molecular complexity index is 1100. The molecule has 4 rings (SSSR count). The van der Waals surface area contributed by atoms with Gasteiger partial charge in [0.25, 0.3) is 11.8 Å². The van der Waals surface area contributed by atoms with Crippen molar-refractivity contribution in [3.05, 3.63) is 64.7 Å². The fourth-order valence-electron chi connectivity index (χ4n) is 3.97. The molecule has 2 atom stereocenters. The zero-order chi connectivity index (χ0) is 24.2. The van der Waals surface area contributed by atoms with Gasteiger partial charge in [-0.25, -0.2) is 0 Å². The van der Waals surface area contributed by atoms with Crippen molar-refractivity contribution in [3.63, 3.8) is 0 Å². The smallest absolute Gasteiger partial charge is 0.262 e. The third-order valence-electron chi connectivity index (χ3n) is 6.15. The van der Waals surface area contributed by atoms with E-state index in [-0.39, 0.29) is 30.2 Å². The number of amides is 3. The number of thioether (sulfide) groups is 1. The van der Waals surface area contributed by atoms with E-state index in [1.54, 1.807) is 48.3 Å². The van der Waals surface area contributed by atoms with Crippen LogP contribution < -0.4 is 5.32 Å². The van der Waals surface area contributed by atoms with Crippen LogP contribution in [0.5, 0.6) is 0 Å². The standard InChI is InChI=1S/C25H27ClN4O3S/c1-16(17-5-9-19(26)10-6-17)29(2)24(33)18-7-11-20(12-8-18)27-22(31)15-21-23(32)28-25(34-21)30-13-3-4-14-30/h5-12,16,21H,3-4,13-15H2,1-2H3,(H,27,31). The van der Waals surface area contributed by atoms with Gasteiger partial charge in [0.05, 0.1) is 6.04 Å². The summed E-state index contributed by atoms with van der Waals surface area (Å²) in [6.07, 6.45) is 2.27. The lowest BCUT2D eigenvalue weighted by atomic mass is 10.1. The largest absolute Gasteiger partial charge is 0.351 e. The van der Waals surface area contributed by atoms with E-state index in [2.05, 4.69) is 15.2 Å². The van der Waals surface area contributed by atoms with E-state index in [1.165, 1.54) is 11.8 Å². The molecule has 1 saturated heterocycles. The lowest BCUT2D eigenvalue weighted by Crippen LogP contribution is -2.29. The van der Waals surface area contributed by atoms with Gasteiger partial charge in [-0.2, -0.15) is 4.99 Å². The van der Waals surface area contributed by atoms with E-state index in [1.807, 2.05) is 19.1 Å². The van der Waals surface area contributed by atoms with Crippen LogP contribution in [0, 0.1) is 0 Å². The van der Waals surface area contributed by atoms with Crippen molar-refractivity contribution >= 4 is 51.9 Å². The molecule has 7 nitrogen and oxygen atoms in total. The zero-order valence-electron chi connectivity index (χ0n) is 19.2. The van der Waals surface area contributed by atoms with Gasteiger partial charge in [-0.1, -0.05) is 35.5 Å².